The van der Waals surface area contributed by atoms with Gasteiger partial charge in [0, 0.05) is 35.1 Å². The van der Waals surface area contributed by atoms with E-state index in [-0.39, 0.29) is 0 Å². The number of primary amides is 1. The van der Waals surface area contributed by atoms with E-state index in [1.807, 2.05) is 32.1 Å². The number of aromatic nitrogens is 1. The predicted molar refractivity (Wildman–Crippen MR) is 137 cm³/mol. The molecule has 0 radical (unpaired) electrons. The highest BCUT2D eigenvalue weighted by molar-refractivity contribution is 6.32. The number of aromatic amines is 1. The van der Waals surface area contributed by atoms with Crippen LogP contribution in [-0.4, -0.2) is 51.6 Å². The highest BCUT2D eigenvalue weighted by Gasteiger charge is 2.17. The molecule has 1 amide bonds. The number of rotatable bonds is 6. The van der Waals surface area contributed by atoms with Gasteiger partial charge in [0.15, 0.2) is 0 Å². The van der Waals surface area contributed by atoms with E-state index >= 15 is 0 Å². The van der Waals surface area contributed by atoms with Crippen molar-refractivity contribution in [3.8, 4) is 16.9 Å². The fraction of sp³-hybridized carbons (Fsp3) is 0.240. The number of anilines is 1. The number of nitrogens with two attached hydrogens (primary N) is 1. The predicted octanol–water partition coefficient (Wildman–Crippen LogP) is 4.01. The van der Waals surface area contributed by atoms with Gasteiger partial charge in [-0.25, -0.2) is 0 Å². The van der Waals surface area contributed by atoms with Gasteiger partial charge < -0.3 is 25.1 Å². The zero-order valence-electron chi connectivity index (χ0n) is 18.5. The maximum Gasteiger partial charge on any atom is 0.250 e. The minimum Gasteiger partial charge on any atom is -0.493 e. The second-order valence-electron chi connectivity index (χ2n) is 8.26. The number of carbonyl (C=O) groups excluding carboxylic acids is 1. The first-order valence-corrected chi connectivity index (χ1v) is 11.6. The van der Waals surface area contributed by atoms with Crippen LogP contribution in [0.15, 0.2) is 48.5 Å². The van der Waals surface area contributed by atoms with Gasteiger partial charge in [-0.05, 0) is 53.8 Å². The number of carbonyl (C=O) groups is 1. The molecule has 33 heavy (non-hydrogen) atoms. The molecule has 5 rings (SSSR count). The first-order chi connectivity index (χ1) is 16.0. The van der Waals surface area contributed by atoms with E-state index < -0.39 is 5.91 Å². The van der Waals surface area contributed by atoms with Crippen molar-refractivity contribution >= 4 is 52.8 Å². The summed E-state index contributed by atoms with van der Waals surface area (Å²) in [7, 11) is 2.05. The third kappa shape index (κ3) is 4.14. The van der Waals surface area contributed by atoms with E-state index in [0.29, 0.717) is 22.9 Å². The van der Waals surface area contributed by atoms with Gasteiger partial charge in [-0.2, -0.15) is 0 Å². The van der Waals surface area contributed by atoms with Gasteiger partial charge in [0.2, 0.25) is 0 Å². The van der Waals surface area contributed by atoms with Crippen molar-refractivity contribution in [2.45, 2.75) is 6.32 Å². The van der Waals surface area contributed by atoms with Gasteiger partial charge in [0.25, 0.3) is 5.91 Å². The number of H-pyrrole nitrogens is 1. The number of morpholine rings is 1. The molecule has 168 valence electrons. The molecular weight excluding hydrogens is 437 g/mol. The maximum atomic E-state index is 12.4. The van der Waals surface area contributed by atoms with Crippen molar-refractivity contribution in [1.82, 2.24) is 4.98 Å². The maximum absolute atomic E-state index is 12.4. The van der Waals surface area contributed by atoms with Crippen LogP contribution >= 0.6 is 11.6 Å². The second-order valence-corrected chi connectivity index (χ2v) is 8.67. The summed E-state index contributed by atoms with van der Waals surface area (Å²) in [5.74, 6) is 0.178. The molecule has 2 heterocycles. The van der Waals surface area contributed by atoms with Gasteiger partial charge in [0.1, 0.15) is 13.6 Å². The van der Waals surface area contributed by atoms with Crippen molar-refractivity contribution in [3.63, 3.8) is 0 Å². The standard InChI is InChI=1S/C25H25BClN3O3/c26-5-8-33-23-4-1-15(13-21(23)27)16-11-19-18-3-2-17(30-6-9-32-10-7-30)14-22(18)29-24(19)20(12-16)25(28)31/h1-4,11-14,29H,5-10,26H2,(H2,28,31). The summed E-state index contributed by atoms with van der Waals surface area (Å²) in [4.78, 5) is 18.1. The number of fused-ring (bicyclic) bond motifs is 3. The summed E-state index contributed by atoms with van der Waals surface area (Å²) in [6.07, 6.45) is 0.907. The molecule has 0 bridgehead atoms. The molecular formula is C25H25BClN3O3. The van der Waals surface area contributed by atoms with Crippen LogP contribution in [-0.2, 0) is 4.74 Å². The van der Waals surface area contributed by atoms with E-state index in [4.69, 9.17) is 26.8 Å². The van der Waals surface area contributed by atoms with Crippen LogP contribution < -0.4 is 15.4 Å². The molecule has 6 nitrogen and oxygen atoms in total. The molecule has 0 saturated carbocycles. The molecule has 1 aliphatic rings. The summed E-state index contributed by atoms with van der Waals surface area (Å²) in [6, 6.07) is 15.9. The van der Waals surface area contributed by atoms with Gasteiger partial charge in [-0.1, -0.05) is 23.7 Å². The summed E-state index contributed by atoms with van der Waals surface area (Å²) < 4.78 is 11.2. The van der Waals surface area contributed by atoms with Crippen LogP contribution in [0.2, 0.25) is 11.3 Å². The number of hydrogen-bond donors (Lipinski definition) is 2. The first kappa shape index (κ1) is 21.7. The molecule has 1 saturated heterocycles. The van der Waals surface area contributed by atoms with Gasteiger partial charge in [-0.3, -0.25) is 4.79 Å². The van der Waals surface area contributed by atoms with E-state index in [9.17, 15) is 4.79 Å². The largest absolute Gasteiger partial charge is 0.493 e. The normalized spacial score (nSPS) is 14.2. The number of nitrogens with one attached hydrogen (secondary N) is 1. The smallest absolute Gasteiger partial charge is 0.250 e. The van der Waals surface area contributed by atoms with E-state index in [1.54, 1.807) is 0 Å². The van der Waals surface area contributed by atoms with Crippen LogP contribution in [0.5, 0.6) is 5.75 Å². The van der Waals surface area contributed by atoms with Crippen LogP contribution in [0, 0.1) is 0 Å². The van der Waals surface area contributed by atoms with E-state index in [2.05, 4.69) is 34.1 Å². The third-order valence-electron chi connectivity index (χ3n) is 6.06. The number of amides is 1. The third-order valence-corrected chi connectivity index (χ3v) is 6.36. The Kier molecular flexibility index (Phi) is 5.91. The molecule has 1 fully saturated rings. The SMILES string of the molecule is BCCOc1ccc(-c2cc(C(N)=O)c3[nH]c4cc(N5CCOCC5)ccc4c3c2)cc1Cl. The highest BCUT2D eigenvalue weighted by atomic mass is 35.5. The molecule has 0 unspecified atom stereocenters. The molecule has 1 aromatic heterocycles. The first-order valence-electron chi connectivity index (χ1n) is 11.2. The van der Waals surface area contributed by atoms with Crippen molar-refractivity contribution in [2.75, 3.05) is 37.8 Å². The zero-order chi connectivity index (χ0) is 22.9. The second kappa shape index (κ2) is 9.00. The molecule has 4 aromatic rings. The van der Waals surface area contributed by atoms with Crippen LogP contribution in [0.25, 0.3) is 32.9 Å². The lowest BCUT2D eigenvalue weighted by Gasteiger charge is -2.28. The fourth-order valence-corrected chi connectivity index (χ4v) is 4.62. The zero-order valence-corrected chi connectivity index (χ0v) is 19.2. The van der Waals surface area contributed by atoms with Crippen LogP contribution in [0.3, 0.4) is 0 Å². The summed E-state index contributed by atoms with van der Waals surface area (Å²) in [5, 5.41) is 2.53. The molecule has 0 aliphatic carbocycles. The molecule has 0 spiro atoms. The van der Waals surface area contributed by atoms with Crippen molar-refractivity contribution in [3.05, 3.63) is 59.1 Å². The molecule has 3 aromatic carbocycles. The van der Waals surface area contributed by atoms with Gasteiger partial charge >= 0.3 is 0 Å². The topological polar surface area (TPSA) is 80.6 Å². The quantitative estimate of drug-likeness (QED) is 0.425. The van der Waals surface area contributed by atoms with Crippen LogP contribution in [0.4, 0.5) is 5.69 Å². The number of halogens is 1. The van der Waals surface area contributed by atoms with E-state index in [0.717, 1.165) is 71.2 Å². The lowest BCUT2D eigenvalue weighted by Crippen LogP contribution is -2.36. The molecule has 3 N–H and O–H groups in total. The summed E-state index contributed by atoms with van der Waals surface area (Å²) >= 11 is 6.46. The summed E-state index contributed by atoms with van der Waals surface area (Å²) in [6.45, 7) is 3.79. The highest BCUT2D eigenvalue weighted by Crippen LogP contribution is 2.36. The minimum atomic E-state index is -0.476. The van der Waals surface area contributed by atoms with Crippen molar-refractivity contribution < 1.29 is 14.3 Å². The van der Waals surface area contributed by atoms with Crippen molar-refractivity contribution in [2.24, 2.45) is 5.73 Å². The Hall–Kier alpha value is -3.16. The number of ether oxygens (including phenoxy) is 2. The number of hydrogen-bond acceptors (Lipinski definition) is 4. The fourth-order valence-electron chi connectivity index (χ4n) is 4.38. The van der Waals surface area contributed by atoms with E-state index in [1.165, 1.54) is 0 Å². The molecule has 1 aliphatic heterocycles. The Bertz CT molecular complexity index is 1350. The molecule has 0 atom stereocenters. The minimum absolute atomic E-state index is 0.453. The Morgan fingerprint density at radius 3 is 2.64 bits per heavy atom. The summed E-state index contributed by atoms with van der Waals surface area (Å²) in [5.41, 5.74) is 10.8. The Balaban J connectivity index is 1.61. The monoisotopic (exact) mass is 461 g/mol. The number of nitrogens with zero attached hydrogens (tertiary/aromatic N) is 1. The lowest BCUT2D eigenvalue weighted by molar-refractivity contribution is 0.100. The number of benzene rings is 3. The van der Waals surface area contributed by atoms with Gasteiger partial charge in [-0.15, -0.1) is 0 Å². The molecule has 8 heteroatoms. The van der Waals surface area contributed by atoms with Crippen molar-refractivity contribution in [1.29, 1.82) is 0 Å². The van der Waals surface area contributed by atoms with Gasteiger partial charge in [0.05, 0.1) is 35.9 Å². The average Bonchev–Trinajstić information content (AvgIpc) is 3.21. The Morgan fingerprint density at radius 1 is 1.09 bits per heavy atom. The van der Waals surface area contributed by atoms with Crippen LogP contribution in [0.1, 0.15) is 10.4 Å². The lowest BCUT2D eigenvalue weighted by atomic mass is 9.98. The Labute approximate surface area is 198 Å². The average molecular weight is 462 g/mol. The Morgan fingerprint density at radius 2 is 1.91 bits per heavy atom.